The lowest BCUT2D eigenvalue weighted by molar-refractivity contribution is 1.31. The minimum Gasteiger partial charge on any atom is -0.309 e. The molecule has 0 unspecified atom stereocenters. The molecule has 0 aliphatic rings. The second kappa shape index (κ2) is 15.1. The molecule has 0 fully saturated rings. The first-order valence-corrected chi connectivity index (χ1v) is 20.6. The van der Waals surface area contributed by atoms with Gasteiger partial charge in [0.15, 0.2) is 0 Å². The predicted octanol–water partition coefficient (Wildman–Crippen LogP) is 16.6. The lowest BCUT2D eigenvalue weighted by Crippen LogP contribution is -2.11. The van der Waals surface area contributed by atoms with Crippen LogP contribution in [-0.4, -0.2) is 0 Å². The van der Waals surface area contributed by atoms with Gasteiger partial charge < -0.3 is 9.80 Å². The van der Waals surface area contributed by atoms with Gasteiger partial charge in [-0.25, -0.2) is 0 Å². The molecule has 0 aliphatic heterocycles. The van der Waals surface area contributed by atoms with Crippen molar-refractivity contribution in [3.05, 3.63) is 242 Å². The van der Waals surface area contributed by atoms with Crippen LogP contribution in [0.3, 0.4) is 0 Å². The summed E-state index contributed by atoms with van der Waals surface area (Å²) in [4.78, 5) is 4.82. The van der Waals surface area contributed by atoms with Crippen molar-refractivity contribution in [1.82, 2.24) is 0 Å². The van der Waals surface area contributed by atoms with E-state index >= 15 is 0 Å². The average Bonchev–Trinajstić information content (AvgIpc) is 3.32. The second-order valence-corrected chi connectivity index (χ2v) is 15.4. The number of anilines is 6. The molecule has 60 heavy (non-hydrogen) atoms. The summed E-state index contributed by atoms with van der Waals surface area (Å²) in [6, 6.07) is 83.4. The molecular weight excluding hydrogens is 725 g/mol. The Hall–Kier alpha value is -7.94. The number of fused-ring (bicyclic) bond motifs is 5. The summed E-state index contributed by atoms with van der Waals surface area (Å²) in [5.41, 5.74) is 9.17. The highest BCUT2D eigenvalue weighted by atomic mass is 15.2. The smallest absolute Gasteiger partial charge is 0.0540 e. The highest BCUT2D eigenvalue weighted by Crippen LogP contribution is 2.44. The van der Waals surface area contributed by atoms with Gasteiger partial charge in [-0.15, -0.1) is 0 Å². The van der Waals surface area contributed by atoms with Gasteiger partial charge in [-0.1, -0.05) is 188 Å². The van der Waals surface area contributed by atoms with Crippen molar-refractivity contribution >= 4 is 100 Å². The molecule has 0 bridgehead atoms. The summed E-state index contributed by atoms with van der Waals surface area (Å²) in [6.45, 7) is 0. The van der Waals surface area contributed by atoms with E-state index in [0.717, 1.165) is 45.3 Å². The van der Waals surface area contributed by atoms with Crippen LogP contribution in [0.4, 0.5) is 34.1 Å². The summed E-state index contributed by atoms with van der Waals surface area (Å²) in [7, 11) is 0. The van der Waals surface area contributed by atoms with Gasteiger partial charge in [0.05, 0.1) is 22.7 Å². The molecule has 2 nitrogen and oxygen atoms in total. The molecule has 0 saturated carbocycles. The lowest BCUT2D eigenvalue weighted by Gasteiger charge is -2.28. The molecule has 11 rings (SSSR count). The number of rotatable bonds is 8. The normalized spacial score (nSPS) is 11.6. The van der Waals surface area contributed by atoms with E-state index in [1.807, 2.05) is 0 Å². The van der Waals surface area contributed by atoms with E-state index in [4.69, 9.17) is 0 Å². The van der Waals surface area contributed by atoms with E-state index in [1.54, 1.807) is 0 Å². The van der Waals surface area contributed by atoms with Crippen LogP contribution < -0.4 is 9.80 Å². The Morgan fingerprint density at radius 2 is 0.567 bits per heavy atom. The molecule has 11 aromatic rings. The zero-order valence-electron chi connectivity index (χ0n) is 33.0. The second-order valence-electron chi connectivity index (χ2n) is 15.4. The van der Waals surface area contributed by atoms with Crippen molar-refractivity contribution in [2.45, 2.75) is 0 Å². The zero-order chi connectivity index (χ0) is 39.8. The monoisotopic (exact) mass is 764 g/mol. The first-order valence-electron chi connectivity index (χ1n) is 20.6. The van der Waals surface area contributed by atoms with E-state index in [1.165, 1.54) is 53.9 Å². The topological polar surface area (TPSA) is 6.48 Å². The van der Waals surface area contributed by atoms with E-state index in [0.29, 0.717) is 0 Å². The van der Waals surface area contributed by atoms with Gasteiger partial charge >= 0.3 is 0 Å². The molecule has 0 heterocycles. The van der Waals surface area contributed by atoms with Crippen molar-refractivity contribution in [2.24, 2.45) is 0 Å². The number of benzene rings is 11. The summed E-state index contributed by atoms with van der Waals surface area (Å²) in [5, 5.41) is 12.2. The number of hydrogen-bond donors (Lipinski definition) is 0. The highest BCUT2D eigenvalue weighted by molar-refractivity contribution is 6.07. The Kier molecular flexibility index (Phi) is 8.87. The minimum absolute atomic E-state index is 1.11. The van der Waals surface area contributed by atoms with Crippen LogP contribution in [0.15, 0.2) is 231 Å². The summed E-state index contributed by atoms with van der Waals surface area (Å²) >= 11 is 0. The van der Waals surface area contributed by atoms with Gasteiger partial charge in [0.25, 0.3) is 0 Å². The Balaban J connectivity index is 0.932. The third-order valence-electron chi connectivity index (χ3n) is 11.8. The quantitative estimate of drug-likeness (QED) is 0.142. The molecule has 11 aromatic carbocycles. The zero-order valence-corrected chi connectivity index (χ0v) is 33.0. The fourth-order valence-electron chi connectivity index (χ4n) is 8.85. The molecule has 0 aromatic heterocycles. The summed E-state index contributed by atoms with van der Waals surface area (Å²) in [5.74, 6) is 0. The maximum Gasteiger partial charge on any atom is 0.0540 e. The van der Waals surface area contributed by atoms with E-state index in [2.05, 4.69) is 252 Å². The Morgan fingerprint density at radius 3 is 1.03 bits per heavy atom. The SMILES string of the molecule is C(=Cc1ccc2cc(N(c3cccc4ccccc34)c3cccc4ccccc34)ccc2c1)c1ccc(N(c2cccc3ccccc23)c2cccc3ccccc23)cc1. The van der Waals surface area contributed by atoms with E-state index in [9.17, 15) is 0 Å². The van der Waals surface area contributed by atoms with Crippen LogP contribution in [0.1, 0.15) is 11.1 Å². The van der Waals surface area contributed by atoms with Crippen molar-refractivity contribution in [3.63, 3.8) is 0 Å². The van der Waals surface area contributed by atoms with Crippen molar-refractivity contribution < 1.29 is 0 Å². The van der Waals surface area contributed by atoms with Gasteiger partial charge in [-0.2, -0.15) is 0 Å². The van der Waals surface area contributed by atoms with E-state index in [-0.39, 0.29) is 0 Å². The summed E-state index contributed by atoms with van der Waals surface area (Å²) < 4.78 is 0. The van der Waals surface area contributed by atoms with Gasteiger partial charge in [-0.05, 0) is 98.0 Å². The minimum atomic E-state index is 1.11. The van der Waals surface area contributed by atoms with Crippen LogP contribution in [0.25, 0.3) is 66.0 Å². The van der Waals surface area contributed by atoms with Crippen LogP contribution in [0.2, 0.25) is 0 Å². The molecule has 2 heteroatoms. The van der Waals surface area contributed by atoms with Crippen molar-refractivity contribution in [3.8, 4) is 0 Å². The van der Waals surface area contributed by atoms with E-state index < -0.39 is 0 Å². The number of hydrogen-bond acceptors (Lipinski definition) is 2. The maximum atomic E-state index is 2.42. The number of nitrogens with zero attached hydrogens (tertiary/aromatic N) is 2. The third-order valence-corrected chi connectivity index (χ3v) is 11.8. The third kappa shape index (κ3) is 6.41. The van der Waals surface area contributed by atoms with Crippen LogP contribution in [-0.2, 0) is 0 Å². The molecule has 0 amide bonds. The molecule has 0 aliphatic carbocycles. The predicted molar refractivity (Wildman–Crippen MR) is 259 cm³/mol. The standard InChI is InChI=1S/C58H40N2/c1-5-21-51-43(13-1)17-9-25-55(51)59(56-26-10-18-44-14-2-6-22-52(44)56)49-36-32-41(33-37-49)29-30-42-31-34-48-40-50(38-35-47(48)39-42)60(57-27-11-19-45-15-3-7-23-53(45)57)58-28-12-20-46-16-4-8-24-54(46)58/h1-40H. The maximum absolute atomic E-state index is 2.42. The Bertz CT molecular complexity index is 3220. The largest absolute Gasteiger partial charge is 0.309 e. The lowest BCUT2D eigenvalue weighted by atomic mass is 10.0. The fraction of sp³-hybridized carbons (Fsp3) is 0. The molecular formula is C58H40N2. The van der Waals surface area contributed by atoms with Gasteiger partial charge in [0.2, 0.25) is 0 Å². The van der Waals surface area contributed by atoms with Crippen LogP contribution >= 0.6 is 0 Å². The Morgan fingerprint density at radius 1 is 0.233 bits per heavy atom. The summed E-state index contributed by atoms with van der Waals surface area (Å²) in [6.07, 6.45) is 4.43. The fourth-order valence-corrected chi connectivity index (χ4v) is 8.85. The van der Waals surface area contributed by atoms with Crippen LogP contribution in [0, 0.1) is 0 Å². The van der Waals surface area contributed by atoms with Crippen molar-refractivity contribution in [1.29, 1.82) is 0 Å². The Labute approximate surface area is 350 Å². The van der Waals surface area contributed by atoms with Gasteiger partial charge in [0.1, 0.15) is 0 Å². The van der Waals surface area contributed by atoms with Gasteiger partial charge in [-0.3, -0.25) is 0 Å². The highest BCUT2D eigenvalue weighted by Gasteiger charge is 2.19. The first kappa shape index (κ1) is 35.2. The van der Waals surface area contributed by atoms with Crippen LogP contribution in [0.5, 0.6) is 0 Å². The molecule has 0 saturated heterocycles. The molecule has 0 atom stereocenters. The van der Waals surface area contributed by atoms with Crippen molar-refractivity contribution in [2.75, 3.05) is 9.80 Å². The molecule has 0 radical (unpaired) electrons. The van der Waals surface area contributed by atoms with Gasteiger partial charge in [0, 0.05) is 32.9 Å². The molecule has 0 N–H and O–H groups in total. The molecule has 0 spiro atoms. The average molecular weight is 765 g/mol. The first-order chi connectivity index (χ1) is 29.7. The molecule has 282 valence electrons.